The lowest BCUT2D eigenvalue weighted by Gasteiger charge is -2.21. The smallest absolute Gasteiger partial charge is 0.204 e. The van der Waals surface area contributed by atoms with Crippen LogP contribution in [0.15, 0.2) is 15.0 Å². The van der Waals surface area contributed by atoms with Crippen LogP contribution in [0.1, 0.15) is 68.7 Å². The van der Waals surface area contributed by atoms with Crippen molar-refractivity contribution in [2.45, 2.75) is 92.9 Å². The molecule has 0 saturated heterocycles. The SMILES string of the molecule is CCCN=C(NC(=NC(C)C)NC(C)C)NC(=NC(C)C)NC(C)C. The summed E-state index contributed by atoms with van der Waals surface area (Å²) in [5.74, 6) is 2.06. The van der Waals surface area contributed by atoms with Gasteiger partial charge in [-0.15, -0.1) is 0 Å². The molecule has 0 aromatic carbocycles. The van der Waals surface area contributed by atoms with Crippen molar-refractivity contribution in [2.75, 3.05) is 6.54 Å². The molecule has 0 aromatic rings. The van der Waals surface area contributed by atoms with E-state index in [0.29, 0.717) is 17.9 Å². The summed E-state index contributed by atoms with van der Waals surface area (Å²) in [7, 11) is 0. The van der Waals surface area contributed by atoms with Gasteiger partial charge in [0, 0.05) is 30.7 Å². The molecule has 0 bridgehead atoms. The van der Waals surface area contributed by atoms with Crippen molar-refractivity contribution in [3.63, 3.8) is 0 Å². The van der Waals surface area contributed by atoms with Crippen LogP contribution in [0.5, 0.6) is 0 Å². The summed E-state index contributed by atoms with van der Waals surface area (Å²) >= 11 is 0. The number of nitrogens with zero attached hydrogens (tertiary/aromatic N) is 3. The minimum atomic E-state index is 0.179. The lowest BCUT2D eigenvalue weighted by Crippen LogP contribution is -2.54. The molecular weight excluding hydrogens is 314 g/mol. The van der Waals surface area contributed by atoms with Crippen LogP contribution in [0.2, 0.25) is 0 Å². The van der Waals surface area contributed by atoms with Crippen molar-refractivity contribution in [1.29, 1.82) is 0 Å². The minimum Gasteiger partial charge on any atom is -0.354 e. The molecule has 0 aliphatic rings. The van der Waals surface area contributed by atoms with E-state index in [1.807, 2.05) is 27.7 Å². The molecule has 25 heavy (non-hydrogen) atoms. The van der Waals surface area contributed by atoms with E-state index in [4.69, 9.17) is 0 Å². The summed E-state index contributed by atoms with van der Waals surface area (Å²) in [5.41, 5.74) is 0. The van der Waals surface area contributed by atoms with Gasteiger partial charge >= 0.3 is 0 Å². The van der Waals surface area contributed by atoms with Crippen molar-refractivity contribution in [1.82, 2.24) is 21.3 Å². The maximum Gasteiger partial charge on any atom is 0.204 e. The highest BCUT2D eigenvalue weighted by Gasteiger charge is 2.10. The predicted octanol–water partition coefficient (Wildman–Crippen LogP) is 2.46. The first-order valence-corrected chi connectivity index (χ1v) is 9.41. The normalized spacial score (nSPS) is 12.8. The maximum atomic E-state index is 4.61. The minimum absolute atomic E-state index is 0.179. The Morgan fingerprint density at radius 2 is 1.08 bits per heavy atom. The highest BCUT2D eigenvalue weighted by molar-refractivity contribution is 6.06. The monoisotopic (exact) mass is 353 g/mol. The van der Waals surface area contributed by atoms with Gasteiger partial charge in [0.1, 0.15) is 0 Å². The average Bonchev–Trinajstić information content (AvgIpc) is 2.41. The molecule has 7 nitrogen and oxygen atoms in total. The van der Waals surface area contributed by atoms with Gasteiger partial charge in [0.2, 0.25) is 5.96 Å². The fourth-order valence-electron chi connectivity index (χ4n) is 1.83. The number of rotatable bonds is 6. The number of nitrogens with one attached hydrogen (secondary N) is 4. The van der Waals surface area contributed by atoms with E-state index >= 15 is 0 Å². The Bertz CT molecular complexity index is 412. The van der Waals surface area contributed by atoms with Crippen molar-refractivity contribution < 1.29 is 0 Å². The first-order chi connectivity index (χ1) is 11.6. The molecule has 0 aromatic heterocycles. The summed E-state index contributed by atoms with van der Waals surface area (Å²) < 4.78 is 0. The van der Waals surface area contributed by atoms with Gasteiger partial charge in [-0.25, -0.2) is 0 Å². The summed E-state index contributed by atoms with van der Waals surface area (Å²) in [6.07, 6.45) is 0.968. The van der Waals surface area contributed by atoms with Crippen LogP contribution in [-0.4, -0.2) is 48.6 Å². The van der Waals surface area contributed by atoms with Gasteiger partial charge < -0.3 is 10.6 Å². The second-order valence-electron chi connectivity index (χ2n) is 7.22. The number of guanidine groups is 3. The zero-order chi connectivity index (χ0) is 19.4. The van der Waals surface area contributed by atoms with Crippen LogP contribution >= 0.6 is 0 Å². The molecule has 0 unspecified atom stereocenters. The Kier molecular flexibility index (Phi) is 11.7. The molecular formula is C18H39N7. The van der Waals surface area contributed by atoms with Crippen LogP contribution in [0.25, 0.3) is 0 Å². The third kappa shape index (κ3) is 13.2. The summed E-state index contributed by atoms with van der Waals surface area (Å²) in [5, 5.41) is 13.2. The number of hydrogen-bond acceptors (Lipinski definition) is 3. The van der Waals surface area contributed by atoms with Gasteiger partial charge in [0.15, 0.2) is 11.9 Å². The molecule has 0 rings (SSSR count). The molecule has 0 fully saturated rings. The van der Waals surface area contributed by atoms with Gasteiger partial charge in [0.25, 0.3) is 0 Å². The molecule has 0 heterocycles. The Morgan fingerprint density at radius 3 is 1.36 bits per heavy atom. The number of hydrogen-bond donors (Lipinski definition) is 4. The van der Waals surface area contributed by atoms with Crippen molar-refractivity contribution >= 4 is 17.9 Å². The molecule has 0 atom stereocenters. The molecule has 0 spiro atoms. The summed E-state index contributed by atoms with van der Waals surface area (Å²) in [6, 6.07) is 0.905. The Morgan fingerprint density at radius 1 is 0.680 bits per heavy atom. The zero-order valence-corrected chi connectivity index (χ0v) is 17.6. The van der Waals surface area contributed by atoms with Crippen molar-refractivity contribution in [3.8, 4) is 0 Å². The Balaban J connectivity index is 5.38. The molecule has 0 radical (unpaired) electrons. The van der Waals surface area contributed by atoms with E-state index in [0.717, 1.165) is 13.0 Å². The van der Waals surface area contributed by atoms with E-state index in [1.165, 1.54) is 0 Å². The Hall–Kier alpha value is -1.79. The second kappa shape index (κ2) is 12.6. The highest BCUT2D eigenvalue weighted by atomic mass is 15.3. The van der Waals surface area contributed by atoms with Gasteiger partial charge in [-0.05, 0) is 61.8 Å². The van der Waals surface area contributed by atoms with Crippen LogP contribution in [0.3, 0.4) is 0 Å². The lowest BCUT2D eigenvalue weighted by molar-refractivity contribution is 0.698. The van der Waals surface area contributed by atoms with Crippen LogP contribution in [0.4, 0.5) is 0 Å². The first kappa shape index (κ1) is 23.2. The summed E-state index contributed by atoms with van der Waals surface area (Å²) in [6.45, 7) is 19.4. The predicted molar refractivity (Wildman–Crippen MR) is 111 cm³/mol. The van der Waals surface area contributed by atoms with Crippen molar-refractivity contribution in [2.24, 2.45) is 15.0 Å². The molecule has 4 N–H and O–H groups in total. The fourth-order valence-corrected chi connectivity index (χ4v) is 1.83. The quantitative estimate of drug-likeness (QED) is 0.436. The molecule has 0 amide bonds. The van der Waals surface area contributed by atoms with Crippen LogP contribution < -0.4 is 21.3 Å². The number of aliphatic imine (C=N–C) groups is 3. The van der Waals surface area contributed by atoms with Crippen molar-refractivity contribution in [3.05, 3.63) is 0 Å². The third-order valence-corrected chi connectivity index (χ3v) is 2.59. The molecule has 0 saturated carbocycles. The average molecular weight is 354 g/mol. The maximum absolute atomic E-state index is 4.61. The van der Waals surface area contributed by atoms with E-state index in [-0.39, 0.29) is 24.2 Å². The van der Waals surface area contributed by atoms with E-state index < -0.39 is 0 Å². The zero-order valence-electron chi connectivity index (χ0n) is 17.6. The third-order valence-electron chi connectivity index (χ3n) is 2.59. The highest BCUT2D eigenvalue weighted by Crippen LogP contribution is 1.91. The van der Waals surface area contributed by atoms with Gasteiger partial charge in [0.05, 0.1) is 0 Å². The van der Waals surface area contributed by atoms with Gasteiger partial charge in [-0.2, -0.15) is 0 Å². The summed E-state index contributed by atoms with van der Waals surface area (Å²) in [4.78, 5) is 13.8. The first-order valence-electron chi connectivity index (χ1n) is 9.41. The lowest BCUT2D eigenvalue weighted by atomic mass is 10.4. The van der Waals surface area contributed by atoms with E-state index in [9.17, 15) is 0 Å². The van der Waals surface area contributed by atoms with Gasteiger partial charge in [-0.1, -0.05) is 6.92 Å². The fraction of sp³-hybridized carbons (Fsp3) is 0.833. The second-order valence-corrected chi connectivity index (χ2v) is 7.22. The van der Waals surface area contributed by atoms with Gasteiger partial charge in [-0.3, -0.25) is 25.6 Å². The molecule has 146 valence electrons. The molecule has 0 aliphatic heterocycles. The molecule has 0 aliphatic carbocycles. The standard InChI is InChI=1S/C18H39N7/c1-10-11-19-16(24-17(20-12(2)3)21-13(4)5)25-18(22-14(6)7)23-15(8)9/h12-15H,10-11H2,1-9H3,(H4,19,20,21,22,23,24,25). The topological polar surface area (TPSA) is 85.2 Å². The van der Waals surface area contributed by atoms with Crippen LogP contribution in [0, 0.1) is 0 Å². The van der Waals surface area contributed by atoms with Crippen LogP contribution in [-0.2, 0) is 0 Å². The Labute approximate surface area is 154 Å². The van der Waals surface area contributed by atoms with E-state index in [2.05, 4.69) is 70.9 Å². The molecule has 7 heteroatoms. The van der Waals surface area contributed by atoms with E-state index in [1.54, 1.807) is 0 Å². The largest absolute Gasteiger partial charge is 0.354 e.